The molecule has 5 aliphatic heterocycles. The quantitative estimate of drug-likeness (QED) is 0.0161. The van der Waals surface area contributed by atoms with Gasteiger partial charge in [-0.15, -0.1) is 0 Å². The SMILES string of the molecule is O=C(C=Cc1ccc(O)c(O)c1)O[C@H]1[C@H](O[C@@H]2[C@H](Oc3cc4c(=O)cc(O[C@@H]5O[C@H](COC(=[OH+])C=Cc6ccc(O)c(O)c6)[C@@H](O)[C@H](O)[C@@H]5O)cc-4oc3-c3cc(O)c(O)c(O[C@@H]4O[C@@H](C(=O)O)[C@@H](O)[C@H](O)[C@@H]4O)c3)O[C@@H](CO)[C@H](O)[C@@H]2O)O[C@H](CO)[C@@H](O)[C@@H]1O. The summed E-state index contributed by atoms with van der Waals surface area (Å²) in [4.78, 5) is 49.9. The lowest BCUT2D eigenvalue weighted by atomic mass is 9.97. The summed E-state index contributed by atoms with van der Waals surface area (Å²) >= 11 is 0. The van der Waals surface area contributed by atoms with Crippen LogP contribution >= 0.6 is 0 Å². The molecule has 34 heteroatoms. The van der Waals surface area contributed by atoms with E-state index in [0.29, 0.717) is 5.56 Å². The lowest BCUT2D eigenvalue weighted by molar-refractivity contribution is -0.358. The van der Waals surface area contributed by atoms with E-state index in [4.69, 9.17) is 51.8 Å². The Morgan fingerprint density at radius 3 is 1.68 bits per heavy atom. The predicted molar refractivity (Wildman–Crippen MR) is 294 cm³/mol. The van der Waals surface area contributed by atoms with Crippen molar-refractivity contribution in [2.45, 2.75) is 123 Å². The Kier molecular flexibility index (Phi) is 20.5. The van der Waals surface area contributed by atoms with Gasteiger partial charge in [0.05, 0.1) is 24.9 Å². The van der Waals surface area contributed by atoms with Crippen LogP contribution in [0.25, 0.3) is 34.8 Å². The second-order valence-electron chi connectivity index (χ2n) is 20.9. The first kappa shape index (κ1) is 66.9. The molecule has 4 fully saturated rings. The highest BCUT2D eigenvalue weighted by Gasteiger charge is 2.54. The van der Waals surface area contributed by atoms with Crippen LogP contribution in [-0.2, 0) is 42.7 Å². The van der Waals surface area contributed by atoms with Gasteiger partial charge >= 0.3 is 17.9 Å². The molecule has 0 radical (unpaired) electrons. The molecule has 0 spiro atoms. The van der Waals surface area contributed by atoms with Gasteiger partial charge in [0.1, 0.15) is 84.8 Å². The van der Waals surface area contributed by atoms with Crippen LogP contribution in [0.2, 0.25) is 0 Å². The standard InChI is InChI=1S/C57H60O34/c58-16-33-40(70)45(75)52(91-57-51(44(74)39(69)34(17-59)87-57)89-37(67)8-4-20-2-6-25(61)28(64)10-20)56(86-33)85-32-15-23-26(62)13-22(82-54-47(77)42(72)41(71)35(88-54)18-81-36(66)7-3-19-1-5-24(60)27(63)9-19)14-30(23)83-49(32)21-11-29(65)38(68)31(12-21)84-55-48(78)43(73)46(76)50(90-55)53(79)80/h1-15,33-35,39-48,50-52,54-61,63-65,68-78H,16-18H2,(H,79,80)/p+1/t33-,34+,35+,39+,40-,41+,42-,43-,44-,45-,46-,47-,48-,50+,51+,52-,54+,55+,56+,57-/m0/s1. The molecule has 0 aromatic heterocycles. The van der Waals surface area contributed by atoms with Crippen molar-refractivity contribution in [3.63, 3.8) is 0 Å². The van der Waals surface area contributed by atoms with Crippen LogP contribution in [0.15, 0.2) is 88.1 Å². The predicted octanol–water partition coefficient (Wildman–Crippen LogP) is -4.40. The summed E-state index contributed by atoms with van der Waals surface area (Å²) in [5.41, 5.74) is -1.52. The minimum Gasteiger partial charge on any atom is -0.504 e. The second-order valence-corrected chi connectivity index (χ2v) is 20.9. The first-order valence-electron chi connectivity index (χ1n) is 27.2. The Hall–Kier alpha value is -8.50. The van der Waals surface area contributed by atoms with Crippen LogP contribution in [0.1, 0.15) is 11.1 Å². The molecule has 9 rings (SSSR count). The number of carbonyl (C=O) groups excluding carboxylic acids is 2. The molecule has 91 heavy (non-hydrogen) atoms. The fourth-order valence-corrected chi connectivity index (χ4v) is 9.77. The lowest BCUT2D eigenvalue weighted by Gasteiger charge is -2.46. The molecule has 3 aromatic rings. The molecule has 20 N–H and O–H groups in total. The van der Waals surface area contributed by atoms with E-state index < -0.39 is 240 Å². The smallest absolute Gasteiger partial charge is 0.504 e. The fraction of sp³-hybridized carbons (Fsp3) is 0.404. The van der Waals surface area contributed by atoms with Gasteiger partial charge in [-0.2, -0.15) is 0 Å². The Labute approximate surface area is 509 Å². The van der Waals surface area contributed by atoms with Crippen molar-refractivity contribution in [2.75, 3.05) is 19.8 Å². The fourth-order valence-electron chi connectivity index (χ4n) is 9.77. The zero-order chi connectivity index (χ0) is 66.0. The van der Waals surface area contributed by atoms with Crippen molar-refractivity contribution in [1.29, 1.82) is 0 Å². The average Bonchev–Trinajstić information content (AvgIpc) is 1.52. The number of aliphatic hydroxyl groups excluding tert-OH is 12. The number of phenolic OH excluding ortho intramolecular Hbond substituents is 6. The van der Waals surface area contributed by atoms with E-state index in [-0.39, 0.29) is 5.56 Å². The number of carboxylic acids is 1. The number of carbonyl (C=O) groups is 2. The highest BCUT2D eigenvalue weighted by Crippen LogP contribution is 2.46. The Morgan fingerprint density at radius 2 is 1.08 bits per heavy atom. The van der Waals surface area contributed by atoms with Crippen LogP contribution in [0.4, 0.5) is 0 Å². The van der Waals surface area contributed by atoms with Crippen LogP contribution in [0, 0.1) is 0 Å². The molecule has 20 atom stereocenters. The van der Waals surface area contributed by atoms with Crippen LogP contribution < -0.4 is 19.6 Å². The number of ether oxygens (including phenoxy) is 10. The number of hydrogen-bond donors (Lipinski definition) is 19. The molecule has 1 aliphatic carbocycles. The third-order valence-electron chi connectivity index (χ3n) is 14.7. The Balaban J connectivity index is 1.07. The molecule has 4 saturated heterocycles. The van der Waals surface area contributed by atoms with Crippen molar-refractivity contribution in [3.05, 3.63) is 100 Å². The maximum Gasteiger partial charge on any atom is 0.510 e. The number of hydrogen-bond acceptors (Lipinski definition) is 32. The molecular weight excluding hydrogens is 1230 g/mol. The first-order valence-corrected chi connectivity index (χ1v) is 27.2. The van der Waals surface area contributed by atoms with Crippen LogP contribution in [0.3, 0.4) is 0 Å². The van der Waals surface area contributed by atoms with Gasteiger partial charge in [0.25, 0.3) is 0 Å². The summed E-state index contributed by atoms with van der Waals surface area (Å²) in [6.07, 6.45) is -37.2. The summed E-state index contributed by atoms with van der Waals surface area (Å²) in [5, 5.41) is 201. The zero-order valence-corrected chi connectivity index (χ0v) is 46.5. The number of esters is 2. The maximum atomic E-state index is 14.2. The van der Waals surface area contributed by atoms with Crippen molar-refractivity contribution in [2.24, 2.45) is 0 Å². The number of aliphatic carboxylic acids is 1. The molecule has 0 saturated carbocycles. The van der Waals surface area contributed by atoms with Gasteiger partial charge in [0.15, 0.2) is 82.1 Å². The number of aliphatic hydroxyl groups is 12. The van der Waals surface area contributed by atoms with E-state index >= 15 is 0 Å². The molecule has 34 nitrogen and oxygen atoms in total. The van der Waals surface area contributed by atoms with Crippen molar-refractivity contribution >= 4 is 30.1 Å². The highest BCUT2D eigenvalue weighted by atomic mass is 16.8. The van der Waals surface area contributed by atoms with Gasteiger partial charge in [0.2, 0.25) is 31.2 Å². The third-order valence-corrected chi connectivity index (χ3v) is 14.7. The Bertz CT molecular complexity index is 3520. The van der Waals surface area contributed by atoms with Crippen LogP contribution in [-0.4, -0.2) is 262 Å². The average molecular weight is 1290 g/mol. The van der Waals surface area contributed by atoms with E-state index in [2.05, 4.69) is 0 Å². The number of fused-ring (bicyclic) bond motifs is 1. The topological polar surface area (TPSA) is 562 Å². The number of benzene rings is 4. The van der Waals surface area contributed by atoms with E-state index in [9.17, 15) is 116 Å². The largest absolute Gasteiger partial charge is 0.510 e. The minimum absolute atomic E-state index is 0.152. The summed E-state index contributed by atoms with van der Waals surface area (Å²) in [5.74, 6) is -11.4. The lowest BCUT2D eigenvalue weighted by Crippen LogP contribution is -2.65. The second kappa shape index (κ2) is 27.9. The third kappa shape index (κ3) is 14.5. The summed E-state index contributed by atoms with van der Waals surface area (Å²) in [6, 6.07) is 11.5. The minimum atomic E-state index is -2.26. The van der Waals surface area contributed by atoms with Gasteiger partial charge in [-0.1, -0.05) is 12.1 Å². The zero-order valence-electron chi connectivity index (χ0n) is 46.5. The van der Waals surface area contributed by atoms with Crippen LogP contribution in [0.5, 0.6) is 51.7 Å². The monoisotopic (exact) mass is 1290 g/mol. The van der Waals surface area contributed by atoms with Gasteiger partial charge in [-0.25, -0.2) is 9.59 Å². The molecule has 5 heterocycles. The van der Waals surface area contributed by atoms with E-state index in [1.165, 1.54) is 24.3 Å². The normalized spacial score (nSPS) is 31.9. The van der Waals surface area contributed by atoms with Crippen molar-refractivity contribution < 1.29 is 163 Å². The van der Waals surface area contributed by atoms with Gasteiger partial charge in [-0.3, -0.25) is 4.79 Å². The van der Waals surface area contributed by atoms with Gasteiger partial charge in [0, 0.05) is 23.8 Å². The molecule has 3 aromatic carbocycles. The number of rotatable bonds is 19. The van der Waals surface area contributed by atoms with Crippen molar-refractivity contribution in [1.82, 2.24) is 0 Å². The molecule has 492 valence electrons. The summed E-state index contributed by atoms with van der Waals surface area (Å²) in [6.45, 7) is -2.81. The molecule has 0 bridgehead atoms. The summed E-state index contributed by atoms with van der Waals surface area (Å²) < 4.78 is 63.1. The maximum absolute atomic E-state index is 14.2. The van der Waals surface area contributed by atoms with E-state index in [0.717, 1.165) is 66.8 Å². The number of phenols is 6. The summed E-state index contributed by atoms with van der Waals surface area (Å²) in [7, 11) is 0. The Morgan fingerprint density at radius 1 is 0.527 bits per heavy atom. The molecule has 0 amide bonds. The van der Waals surface area contributed by atoms with Gasteiger partial charge in [-0.05, 0) is 65.7 Å². The number of aromatic hydroxyl groups is 6. The number of carboxylic acid groups (broad SMARTS) is 1. The van der Waals surface area contributed by atoms with Gasteiger partial charge < -0.3 is 154 Å². The van der Waals surface area contributed by atoms with Crippen molar-refractivity contribution in [3.8, 4) is 74.4 Å². The molecule has 6 aliphatic rings. The molecule has 0 unspecified atom stereocenters. The molecular formula is C57H61O34+. The highest BCUT2D eigenvalue weighted by molar-refractivity contribution is 5.88. The van der Waals surface area contributed by atoms with E-state index in [1.807, 2.05) is 0 Å². The first-order chi connectivity index (χ1) is 43.2. The van der Waals surface area contributed by atoms with E-state index in [1.54, 1.807) is 0 Å².